The van der Waals surface area contributed by atoms with Crippen molar-refractivity contribution in [1.29, 1.82) is 0 Å². The molecule has 3 aromatic rings. The Morgan fingerprint density at radius 2 is 1.97 bits per heavy atom. The molecule has 0 bridgehead atoms. The lowest BCUT2D eigenvalue weighted by molar-refractivity contribution is -0.112. The van der Waals surface area contributed by atoms with Gasteiger partial charge in [0.2, 0.25) is 0 Å². The summed E-state index contributed by atoms with van der Waals surface area (Å²) in [5, 5.41) is 6.71. The number of amides is 2. The van der Waals surface area contributed by atoms with Crippen LogP contribution in [0.3, 0.4) is 0 Å². The SMILES string of the molecule is O=C1Nc2cc(C(=O)N[C@@H]3CCCc4ccccc43)ccc2S/C1=C/c1cccc(Cl)c1. The fraction of sp³-hybridized carbons (Fsp3) is 0.154. The van der Waals surface area contributed by atoms with E-state index in [2.05, 4.69) is 22.8 Å². The predicted molar refractivity (Wildman–Crippen MR) is 130 cm³/mol. The summed E-state index contributed by atoms with van der Waals surface area (Å²) in [4.78, 5) is 27.1. The van der Waals surface area contributed by atoms with Gasteiger partial charge in [-0.25, -0.2) is 0 Å². The molecule has 160 valence electrons. The summed E-state index contributed by atoms with van der Waals surface area (Å²) in [5.41, 5.74) is 4.55. The molecular formula is C26H21ClN2O2S. The van der Waals surface area contributed by atoms with Gasteiger partial charge in [0.05, 0.1) is 16.6 Å². The molecule has 0 aromatic heterocycles. The molecule has 0 saturated carbocycles. The number of halogens is 1. The molecule has 2 aliphatic rings. The molecule has 0 radical (unpaired) electrons. The average molecular weight is 461 g/mol. The molecule has 6 heteroatoms. The van der Waals surface area contributed by atoms with Gasteiger partial charge in [0.25, 0.3) is 11.8 Å². The van der Waals surface area contributed by atoms with Crippen LogP contribution in [-0.2, 0) is 11.2 Å². The van der Waals surface area contributed by atoms with E-state index in [1.165, 1.54) is 22.9 Å². The van der Waals surface area contributed by atoms with Crippen molar-refractivity contribution in [2.24, 2.45) is 0 Å². The number of hydrogen-bond acceptors (Lipinski definition) is 3. The minimum atomic E-state index is -0.193. The molecule has 2 N–H and O–H groups in total. The quantitative estimate of drug-likeness (QED) is 0.455. The predicted octanol–water partition coefficient (Wildman–Crippen LogP) is 6.23. The van der Waals surface area contributed by atoms with Crippen molar-refractivity contribution >= 4 is 46.9 Å². The number of aryl methyl sites for hydroxylation is 1. The third kappa shape index (κ3) is 4.31. The van der Waals surface area contributed by atoms with E-state index in [9.17, 15) is 9.59 Å². The van der Waals surface area contributed by atoms with E-state index in [1.54, 1.807) is 12.1 Å². The highest BCUT2D eigenvalue weighted by molar-refractivity contribution is 8.04. The summed E-state index contributed by atoms with van der Waals surface area (Å²) in [5.74, 6) is -0.324. The molecule has 32 heavy (non-hydrogen) atoms. The van der Waals surface area contributed by atoms with Gasteiger partial charge < -0.3 is 10.6 Å². The number of fused-ring (bicyclic) bond motifs is 2. The number of carbonyl (C=O) groups excluding carboxylic acids is 2. The number of anilines is 1. The Bertz CT molecular complexity index is 1250. The topological polar surface area (TPSA) is 58.2 Å². The van der Waals surface area contributed by atoms with Crippen molar-refractivity contribution in [2.75, 3.05) is 5.32 Å². The highest BCUT2D eigenvalue weighted by Crippen LogP contribution is 2.39. The zero-order valence-electron chi connectivity index (χ0n) is 17.2. The first-order chi connectivity index (χ1) is 15.6. The molecule has 3 aromatic carbocycles. The number of carbonyl (C=O) groups is 2. The second-order valence-electron chi connectivity index (χ2n) is 7.95. The molecule has 0 saturated heterocycles. The first kappa shape index (κ1) is 20.9. The van der Waals surface area contributed by atoms with Crippen LogP contribution < -0.4 is 10.6 Å². The van der Waals surface area contributed by atoms with Crippen LogP contribution in [0.4, 0.5) is 5.69 Å². The second-order valence-corrected chi connectivity index (χ2v) is 9.47. The van der Waals surface area contributed by atoms with Crippen LogP contribution in [0.25, 0.3) is 6.08 Å². The van der Waals surface area contributed by atoms with Crippen LogP contribution in [0.15, 0.2) is 76.5 Å². The molecule has 2 amide bonds. The van der Waals surface area contributed by atoms with Gasteiger partial charge in [-0.1, -0.05) is 59.8 Å². The van der Waals surface area contributed by atoms with E-state index in [1.807, 2.05) is 48.5 Å². The van der Waals surface area contributed by atoms with Gasteiger partial charge in [0.15, 0.2) is 0 Å². The molecule has 1 aliphatic carbocycles. The Hall–Kier alpha value is -3.02. The van der Waals surface area contributed by atoms with Crippen molar-refractivity contribution in [3.63, 3.8) is 0 Å². The molecule has 0 fully saturated rings. The van der Waals surface area contributed by atoms with Crippen LogP contribution in [0.5, 0.6) is 0 Å². The maximum atomic E-state index is 13.0. The smallest absolute Gasteiger partial charge is 0.262 e. The number of rotatable bonds is 3. The normalized spacial score (nSPS) is 18.5. The zero-order chi connectivity index (χ0) is 22.1. The molecule has 0 unspecified atom stereocenters. The summed E-state index contributed by atoms with van der Waals surface area (Å²) in [6.45, 7) is 0. The Labute approximate surface area is 196 Å². The Balaban J connectivity index is 1.35. The van der Waals surface area contributed by atoms with Gasteiger partial charge in [-0.2, -0.15) is 0 Å². The summed E-state index contributed by atoms with van der Waals surface area (Å²) in [6, 6.07) is 21.1. The fourth-order valence-corrected chi connectivity index (χ4v) is 5.33. The standard InChI is InChI=1S/C26H21ClN2O2S/c27-19-8-3-5-16(13-19)14-24-26(31)29-22-15-18(11-12-23(22)32-24)25(30)28-21-10-4-7-17-6-1-2-9-20(17)21/h1-3,5-6,8-9,11-15,21H,4,7,10H2,(H,28,30)(H,29,31)/b24-14+/t21-/m1/s1. The van der Waals surface area contributed by atoms with E-state index < -0.39 is 0 Å². The van der Waals surface area contributed by atoms with Gasteiger partial charge in [-0.15, -0.1) is 0 Å². The van der Waals surface area contributed by atoms with Gasteiger partial charge in [-0.05, 0) is 72.4 Å². The Morgan fingerprint density at radius 1 is 1.09 bits per heavy atom. The highest BCUT2D eigenvalue weighted by atomic mass is 35.5. The zero-order valence-corrected chi connectivity index (χ0v) is 18.8. The number of nitrogens with one attached hydrogen (secondary N) is 2. The van der Waals surface area contributed by atoms with Gasteiger partial charge in [0, 0.05) is 15.5 Å². The van der Waals surface area contributed by atoms with Crippen molar-refractivity contribution in [1.82, 2.24) is 5.32 Å². The lowest BCUT2D eigenvalue weighted by atomic mass is 9.87. The van der Waals surface area contributed by atoms with Crippen LogP contribution in [0, 0.1) is 0 Å². The lowest BCUT2D eigenvalue weighted by Crippen LogP contribution is -2.31. The lowest BCUT2D eigenvalue weighted by Gasteiger charge is -2.26. The van der Waals surface area contributed by atoms with Crippen molar-refractivity contribution in [2.45, 2.75) is 30.2 Å². The number of hydrogen-bond donors (Lipinski definition) is 2. The summed E-state index contributed by atoms with van der Waals surface area (Å²) in [6.07, 6.45) is 4.85. The van der Waals surface area contributed by atoms with Crippen LogP contribution >= 0.6 is 23.4 Å². The molecule has 1 aliphatic heterocycles. The molecule has 5 rings (SSSR count). The van der Waals surface area contributed by atoms with E-state index in [0.717, 1.165) is 29.7 Å². The first-order valence-corrected chi connectivity index (χ1v) is 11.8. The molecule has 1 heterocycles. The first-order valence-electron chi connectivity index (χ1n) is 10.6. The summed E-state index contributed by atoms with van der Waals surface area (Å²) >= 11 is 7.44. The van der Waals surface area contributed by atoms with Gasteiger partial charge in [-0.3, -0.25) is 9.59 Å². The third-order valence-electron chi connectivity index (χ3n) is 5.75. The van der Waals surface area contributed by atoms with E-state index in [4.69, 9.17) is 11.6 Å². The average Bonchev–Trinajstić information content (AvgIpc) is 2.79. The number of thioether (sulfide) groups is 1. The van der Waals surface area contributed by atoms with Gasteiger partial charge in [0.1, 0.15) is 0 Å². The maximum absolute atomic E-state index is 13.0. The molecule has 0 spiro atoms. The minimum Gasteiger partial charge on any atom is -0.345 e. The largest absolute Gasteiger partial charge is 0.345 e. The monoisotopic (exact) mass is 460 g/mol. The summed E-state index contributed by atoms with van der Waals surface area (Å²) < 4.78 is 0. The van der Waals surface area contributed by atoms with Crippen LogP contribution in [0.2, 0.25) is 5.02 Å². The Morgan fingerprint density at radius 3 is 2.84 bits per heavy atom. The maximum Gasteiger partial charge on any atom is 0.262 e. The van der Waals surface area contributed by atoms with Gasteiger partial charge >= 0.3 is 0 Å². The van der Waals surface area contributed by atoms with E-state index in [0.29, 0.717) is 21.2 Å². The summed E-state index contributed by atoms with van der Waals surface area (Å²) in [7, 11) is 0. The van der Waals surface area contributed by atoms with Crippen LogP contribution in [0.1, 0.15) is 45.9 Å². The van der Waals surface area contributed by atoms with E-state index in [-0.39, 0.29) is 17.9 Å². The van der Waals surface area contributed by atoms with E-state index >= 15 is 0 Å². The van der Waals surface area contributed by atoms with Crippen molar-refractivity contribution in [3.05, 3.63) is 98.9 Å². The molecule has 1 atom stereocenters. The van der Waals surface area contributed by atoms with Crippen molar-refractivity contribution in [3.8, 4) is 0 Å². The van der Waals surface area contributed by atoms with Crippen LogP contribution in [-0.4, -0.2) is 11.8 Å². The number of benzene rings is 3. The molecular weight excluding hydrogens is 440 g/mol. The minimum absolute atomic E-state index is 0.0136. The highest BCUT2D eigenvalue weighted by Gasteiger charge is 2.25. The van der Waals surface area contributed by atoms with Crippen molar-refractivity contribution < 1.29 is 9.59 Å². The third-order valence-corrected chi connectivity index (χ3v) is 7.09. The molecule has 4 nitrogen and oxygen atoms in total. The Kier molecular flexibility index (Phi) is 5.77. The second kappa shape index (κ2) is 8.85. The fourth-order valence-electron chi connectivity index (χ4n) is 4.19.